The second-order valence-corrected chi connectivity index (χ2v) is 10.0. The standard InChI is InChI=1S/C26H23N3O5S/c1-16-14-17-9-12-23(33-2)25(24(17)34-15-16)35(31,32)29-26(30)22-11-10-19-18(6-5-8-21(19)28-22)20-7-3-4-13-27-20/h3-13,16H,14-15H2,1-2H3,(H,29,30). The number of nitrogens with one attached hydrogen (secondary N) is 1. The smallest absolute Gasteiger partial charge is 0.283 e. The summed E-state index contributed by atoms with van der Waals surface area (Å²) in [6.07, 6.45) is 2.37. The molecule has 0 radical (unpaired) electrons. The lowest BCUT2D eigenvalue weighted by Gasteiger charge is -2.25. The number of hydrogen-bond acceptors (Lipinski definition) is 7. The maximum atomic E-state index is 13.3. The molecule has 0 fully saturated rings. The average Bonchev–Trinajstić information content (AvgIpc) is 2.87. The number of carbonyl (C=O) groups excluding carboxylic acids is 1. The van der Waals surface area contributed by atoms with E-state index in [0.717, 1.165) is 22.2 Å². The molecule has 0 spiro atoms. The summed E-state index contributed by atoms with van der Waals surface area (Å²) in [4.78, 5) is 21.6. The highest BCUT2D eigenvalue weighted by Crippen LogP contribution is 2.39. The third-order valence-electron chi connectivity index (χ3n) is 5.86. The van der Waals surface area contributed by atoms with Crippen LogP contribution in [-0.4, -0.2) is 38.0 Å². The number of aromatic nitrogens is 2. The highest BCUT2D eigenvalue weighted by atomic mass is 32.2. The number of fused-ring (bicyclic) bond motifs is 2. The van der Waals surface area contributed by atoms with Crippen molar-refractivity contribution in [1.82, 2.24) is 14.7 Å². The highest BCUT2D eigenvalue weighted by molar-refractivity contribution is 7.90. The van der Waals surface area contributed by atoms with Crippen LogP contribution in [0, 0.1) is 5.92 Å². The Labute approximate surface area is 203 Å². The van der Waals surface area contributed by atoms with Crippen molar-refractivity contribution in [2.45, 2.75) is 18.2 Å². The molecule has 0 saturated heterocycles. The highest BCUT2D eigenvalue weighted by Gasteiger charge is 2.32. The molecule has 1 N–H and O–H groups in total. The Bertz CT molecular complexity index is 1540. The first-order valence-corrected chi connectivity index (χ1v) is 12.6. The van der Waals surface area contributed by atoms with Gasteiger partial charge in [0.15, 0.2) is 4.90 Å². The molecule has 0 saturated carbocycles. The summed E-state index contributed by atoms with van der Waals surface area (Å²) in [6.45, 7) is 2.40. The Kier molecular flexibility index (Phi) is 5.86. The van der Waals surface area contributed by atoms with E-state index in [1.54, 1.807) is 30.5 Å². The number of amides is 1. The summed E-state index contributed by atoms with van der Waals surface area (Å²) in [7, 11) is -2.94. The van der Waals surface area contributed by atoms with Crippen LogP contribution in [0.15, 0.2) is 71.8 Å². The molecule has 9 heteroatoms. The van der Waals surface area contributed by atoms with Crippen LogP contribution in [0.2, 0.25) is 0 Å². The second-order valence-electron chi connectivity index (χ2n) is 8.42. The van der Waals surface area contributed by atoms with Crippen molar-refractivity contribution in [3.63, 3.8) is 0 Å². The fourth-order valence-corrected chi connectivity index (χ4v) is 5.53. The number of methoxy groups -OCH3 is 1. The van der Waals surface area contributed by atoms with Gasteiger partial charge in [-0.15, -0.1) is 0 Å². The predicted octanol–water partition coefficient (Wildman–Crippen LogP) is 4.00. The van der Waals surface area contributed by atoms with E-state index in [2.05, 4.69) is 14.7 Å². The summed E-state index contributed by atoms with van der Waals surface area (Å²) in [5.74, 6) is -0.280. The monoisotopic (exact) mass is 489 g/mol. The molecule has 0 bridgehead atoms. The van der Waals surface area contributed by atoms with Gasteiger partial charge in [0.25, 0.3) is 15.9 Å². The first kappa shape index (κ1) is 22.8. The van der Waals surface area contributed by atoms with Crippen molar-refractivity contribution in [2.75, 3.05) is 13.7 Å². The van der Waals surface area contributed by atoms with Gasteiger partial charge < -0.3 is 9.47 Å². The molecule has 8 nitrogen and oxygen atoms in total. The minimum atomic E-state index is -4.31. The summed E-state index contributed by atoms with van der Waals surface area (Å²) in [6, 6.07) is 17.7. The van der Waals surface area contributed by atoms with Crippen LogP contribution < -0.4 is 14.2 Å². The van der Waals surface area contributed by atoms with Gasteiger partial charge in [-0.25, -0.2) is 18.1 Å². The van der Waals surface area contributed by atoms with Gasteiger partial charge in [-0.1, -0.05) is 31.2 Å². The van der Waals surface area contributed by atoms with E-state index < -0.39 is 15.9 Å². The first-order chi connectivity index (χ1) is 16.9. The predicted molar refractivity (Wildman–Crippen MR) is 131 cm³/mol. The number of nitrogens with zero attached hydrogens (tertiary/aromatic N) is 2. The molecule has 3 heterocycles. The molecule has 178 valence electrons. The van der Waals surface area contributed by atoms with Gasteiger partial charge in [-0.3, -0.25) is 9.78 Å². The second kappa shape index (κ2) is 8.99. The molecule has 4 aromatic rings. The topological polar surface area (TPSA) is 107 Å². The van der Waals surface area contributed by atoms with Gasteiger partial charge in [-0.05, 0) is 54.3 Å². The van der Waals surface area contributed by atoms with E-state index in [4.69, 9.17) is 9.47 Å². The molecule has 1 unspecified atom stereocenters. The van der Waals surface area contributed by atoms with Gasteiger partial charge in [0.05, 0.1) is 24.9 Å². The van der Waals surface area contributed by atoms with E-state index in [1.165, 1.54) is 13.2 Å². The summed E-state index contributed by atoms with van der Waals surface area (Å²) >= 11 is 0. The minimum Gasteiger partial charge on any atom is -0.495 e. The third kappa shape index (κ3) is 4.30. The first-order valence-electron chi connectivity index (χ1n) is 11.1. The van der Waals surface area contributed by atoms with E-state index in [-0.39, 0.29) is 28.0 Å². The fourth-order valence-electron chi connectivity index (χ4n) is 4.23. The maximum Gasteiger partial charge on any atom is 0.283 e. The lowest BCUT2D eigenvalue weighted by molar-refractivity contribution is 0.0977. The minimum absolute atomic E-state index is 0.0300. The Hall–Kier alpha value is -3.98. The normalized spacial score (nSPS) is 15.2. The molecule has 5 rings (SSSR count). The summed E-state index contributed by atoms with van der Waals surface area (Å²) in [5.41, 5.74) is 2.91. The zero-order valence-corrected chi connectivity index (χ0v) is 20.0. The SMILES string of the molecule is COc1ccc2c(c1S(=O)(=O)NC(=O)c1ccc3c(-c4ccccn4)cccc3n1)OCC(C)C2. The van der Waals surface area contributed by atoms with Crippen LogP contribution >= 0.6 is 0 Å². The molecule has 35 heavy (non-hydrogen) atoms. The number of pyridine rings is 2. The molecule has 1 atom stereocenters. The van der Waals surface area contributed by atoms with Gasteiger partial charge in [-0.2, -0.15) is 0 Å². The van der Waals surface area contributed by atoms with Crippen LogP contribution in [0.4, 0.5) is 0 Å². The molecule has 2 aromatic heterocycles. The van der Waals surface area contributed by atoms with Crippen LogP contribution in [0.5, 0.6) is 11.5 Å². The number of ether oxygens (including phenoxy) is 2. The zero-order valence-electron chi connectivity index (χ0n) is 19.2. The van der Waals surface area contributed by atoms with Gasteiger partial charge in [0.2, 0.25) is 0 Å². The molecule has 2 aromatic carbocycles. The zero-order chi connectivity index (χ0) is 24.6. The van der Waals surface area contributed by atoms with E-state index in [0.29, 0.717) is 18.5 Å². The molecule has 0 aliphatic carbocycles. The van der Waals surface area contributed by atoms with Crippen LogP contribution in [0.3, 0.4) is 0 Å². The summed E-state index contributed by atoms with van der Waals surface area (Å²) in [5, 5.41) is 0.798. The van der Waals surface area contributed by atoms with Crippen molar-refractivity contribution in [1.29, 1.82) is 0 Å². The lowest BCUT2D eigenvalue weighted by Crippen LogP contribution is -2.32. The quantitative estimate of drug-likeness (QED) is 0.452. The van der Waals surface area contributed by atoms with E-state index in [1.807, 2.05) is 37.3 Å². The Balaban J connectivity index is 1.49. The van der Waals surface area contributed by atoms with Crippen molar-refractivity contribution in [3.05, 3.63) is 78.1 Å². The van der Waals surface area contributed by atoms with Crippen molar-refractivity contribution in [3.8, 4) is 22.8 Å². The molecular weight excluding hydrogens is 466 g/mol. The molecular formula is C26H23N3O5S. The Morgan fingerprint density at radius 2 is 1.94 bits per heavy atom. The third-order valence-corrected chi connectivity index (χ3v) is 7.24. The Morgan fingerprint density at radius 3 is 2.71 bits per heavy atom. The van der Waals surface area contributed by atoms with Crippen LogP contribution in [0.1, 0.15) is 23.0 Å². The number of sulfonamides is 1. The average molecular weight is 490 g/mol. The van der Waals surface area contributed by atoms with Gasteiger partial charge in [0.1, 0.15) is 17.2 Å². The molecule has 1 aliphatic heterocycles. The fraction of sp³-hybridized carbons (Fsp3) is 0.192. The molecule has 1 aliphatic rings. The Morgan fingerprint density at radius 1 is 1.09 bits per heavy atom. The van der Waals surface area contributed by atoms with Crippen molar-refractivity contribution >= 4 is 26.8 Å². The van der Waals surface area contributed by atoms with Crippen molar-refractivity contribution < 1.29 is 22.7 Å². The van der Waals surface area contributed by atoms with Crippen molar-refractivity contribution in [2.24, 2.45) is 5.92 Å². The molecule has 1 amide bonds. The van der Waals surface area contributed by atoms with Crippen LogP contribution in [-0.2, 0) is 16.4 Å². The van der Waals surface area contributed by atoms with Crippen LogP contribution in [0.25, 0.3) is 22.2 Å². The number of benzene rings is 2. The maximum absolute atomic E-state index is 13.3. The summed E-state index contributed by atoms with van der Waals surface area (Å²) < 4.78 is 39.8. The number of rotatable bonds is 5. The largest absolute Gasteiger partial charge is 0.495 e. The van der Waals surface area contributed by atoms with Gasteiger partial charge in [0, 0.05) is 17.1 Å². The van der Waals surface area contributed by atoms with Gasteiger partial charge >= 0.3 is 0 Å². The number of carbonyl (C=O) groups is 1. The van der Waals surface area contributed by atoms with E-state index >= 15 is 0 Å². The number of hydrogen-bond donors (Lipinski definition) is 1. The lowest BCUT2D eigenvalue weighted by atomic mass is 9.98. The van der Waals surface area contributed by atoms with E-state index in [9.17, 15) is 13.2 Å².